The summed E-state index contributed by atoms with van der Waals surface area (Å²) in [5.74, 6) is 0.150. The summed E-state index contributed by atoms with van der Waals surface area (Å²) in [5, 5.41) is 4.77. The predicted molar refractivity (Wildman–Crippen MR) is 92.8 cm³/mol. The summed E-state index contributed by atoms with van der Waals surface area (Å²) in [6.07, 6.45) is 0. The van der Waals surface area contributed by atoms with E-state index in [4.69, 9.17) is 0 Å². The van der Waals surface area contributed by atoms with Gasteiger partial charge in [-0.15, -0.1) is 11.3 Å². The first-order chi connectivity index (χ1) is 10.5. The van der Waals surface area contributed by atoms with Crippen LogP contribution in [0.1, 0.15) is 5.69 Å². The zero-order valence-corrected chi connectivity index (χ0v) is 14.6. The van der Waals surface area contributed by atoms with E-state index in [0.29, 0.717) is 21.2 Å². The van der Waals surface area contributed by atoms with E-state index < -0.39 is 0 Å². The third-order valence-electron chi connectivity index (χ3n) is 2.80. The van der Waals surface area contributed by atoms with E-state index >= 15 is 0 Å². The number of thioether (sulfide) groups is 1. The van der Waals surface area contributed by atoms with Gasteiger partial charge in [0.15, 0.2) is 4.34 Å². The number of nitrogens with one attached hydrogen (secondary N) is 3. The number of anilines is 1. The van der Waals surface area contributed by atoms with Crippen molar-refractivity contribution in [2.24, 2.45) is 0 Å². The van der Waals surface area contributed by atoms with Crippen molar-refractivity contribution in [1.82, 2.24) is 15.0 Å². The molecule has 6 nitrogen and oxygen atoms in total. The minimum Gasteiger partial charge on any atom is -0.324 e. The molecule has 9 heteroatoms. The molecule has 0 atom stereocenters. The van der Waals surface area contributed by atoms with Gasteiger partial charge in [-0.3, -0.25) is 4.79 Å². The normalized spacial score (nSPS) is 11.0. The molecule has 3 aromatic rings. The summed E-state index contributed by atoms with van der Waals surface area (Å²) in [6.45, 7) is 1.92. The fraction of sp³-hybridized carbons (Fsp3) is 0.154. The molecule has 0 aliphatic carbocycles. The molecule has 0 aliphatic rings. The number of hydrogen-bond acceptors (Lipinski definition) is 5. The van der Waals surface area contributed by atoms with Crippen molar-refractivity contribution in [3.63, 3.8) is 0 Å². The molecule has 3 rings (SSSR count). The quantitative estimate of drug-likeness (QED) is 0.588. The molecule has 1 amide bonds. The number of halogens is 1. The van der Waals surface area contributed by atoms with Crippen LogP contribution in [0.2, 0.25) is 0 Å². The van der Waals surface area contributed by atoms with Crippen LogP contribution < -0.4 is 11.0 Å². The molecule has 0 bridgehead atoms. The second-order valence-electron chi connectivity index (χ2n) is 4.55. The SMILES string of the molecule is Cc1csc(SCC(=O)Nc2cc3[nH]c(=O)[nH]c3cc2Br)n1. The van der Waals surface area contributed by atoms with E-state index in [0.717, 1.165) is 10.0 Å². The van der Waals surface area contributed by atoms with Crippen LogP contribution in [0.5, 0.6) is 0 Å². The number of imidazole rings is 1. The number of benzene rings is 1. The van der Waals surface area contributed by atoms with Crippen LogP contribution in [0.4, 0.5) is 5.69 Å². The summed E-state index contributed by atoms with van der Waals surface area (Å²) in [4.78, 5) is 32.9. The molecular weight excluding hydrogens is 388 g/mol. The number of hydrogen-bond donors (Lipinski definition) is 3. The molecule has 0 saturated carbocycles. The monoisotopic (exact) mass is 398 g/mol. The van der Waals surface area contributed by atoms with Gasteiger partial charge in [0.1, 0.15) is 0 Å². The number of thiazole rings is 1. The van der Waals surface area contributed by atoms with Gasteiger partial charge >= 0.3 is 5.69 Å². The first kappa shape index (κ1) is 15.3. The van der Waals surface area contributed by atoms with Crippen molar-refractivity contribution < 1.29 is 4.79 Å². The summed E-state index contributed by atoms with van der Waals surface area (Å²) in [6, 6.07) is 3.47. The smallest absolute Gasteiger partial charge is 0.323 e. The zero-order valence-electron chi connectivity index (χ0n) is 11.4. The second kappa shape index (κ2) is 6.27. The molecule has 1 aromatic carbocycles. The van der Waals surface area contributed by atoms with Crippen LogP contribution in [0.3, 0.4) is 0 Å². The number of carbonyl (C=O) groups excluding carboxylic acids is 1. The fourth-order valence-electron chi connectivity index (χ4n) is 1.86. The highest BCUT2D eigenvalue weighted by atomic mass is 79.9. The van der Waals surface area contributed by atoms with Crippen LogP contribution in [-0.2, 0) is 4.79 Å². The highest BCUT2D eigenvalue weighted by Crippen LogP contribution is 2.27. The molecule has 0 saturated heterocycles. The predicted octanol–water partition coefficient (Wildman–Crippen LogP) is 3.11. The summed E-state index contributed by atoms with van der Waals surface area (Å²) in [7, 11) is 0. The van der Waals surface area contributed by atoms with E-state index in [9.17, 15) is 9.59 Å². The van der Waals surface area contributed by atoms with Gasteiger partial charge in [-0.05, 0) is 35.0 Å². The highest BCUT2D eigenvalue weighted by molar-refractivity contribution is 9.10. The van der Waals surface area contributed by atoms with Gasteiger partial charge in [0.05, 0.1) is 22.5 Å². The van der Waals surface area contributed by atoms with Crippen molar-refractivity contribution >= 4 is 61.7 Å². The Morgan fingerprint density at radius 1 is 1.41 bits per heavy atom. The Kier molecular flexibility index (Phi) is 4.37. The lowest BCUT2D eigenvalue weighted by atomic mass is 10.3. The Bertz CT molecular complexity index is 899. The first-order valence-electron chi connectivity index (χ1n) is 6.27. The number of nitrogens with zero attached hydrogens (tertiary/aromatic N) is 1. The maximum absolute atomic E-state index is 12.0. The van der Waals surface area contributed by atoms with Crippen LogP contribution in [0, 0.1) is 6.92 Å². The van der Waals surface area contributed by atoms with E-state index in [-0.39, 0.29) is 17.3 Å². The lowest BCUT2D eigenvalue weighted by Crippen LogP contribution is -2.14. The standard InChI is InChI=1S/C13H11BrN4O2S2/c1-6-4-21-13(15-6)22-5-11(19)16-8-3-10-9(2-7(8)14)17-12(20)18-10/h2-4H,5H2,1H3,(H,16,19)(H2,17,18,20). The second-order valence-corrected chi connectivity index (χ2v) is 7.48. The molecule has 22 heavy (non-hydrogen) atoms. The van der Waals surface area contributed by atoms with Gasteiger partial charge in [0.2, 0.25) is 5.91 Å². The Hall–Kier alpha value is -1.58. The number of rotatable bonds is 4. The molecule has 0 fully saturated rings. The largest absolute Gasteiger partial charge is 0.324 e. The molecule has 0 spiro atoms. The number of fused-ring (bicyclic) bond motifs is 1. The molecule has 0 unspecified atom stereocenters. The zero-order chi connectivity index (χ0) is 15.7. The summed E-state index contributed by atoms with van der Waals surface area (Å²) < 4.78 is 1.58. The van der Waals surface area contributed by atoms with Gasteiger partial charge < -0.3 is 15.3 Å². The van der Waals surface area contributed by atoms with Gasteiger partial charge in [-0.25, -0.2) is 9.78 Å². The van der Waals surface area contributed by atoms with Crippen LogP contribution in [0.15, 0.2) is 31.1 Å². The number of amides is 1. The Morgan fingerprint density at radius 3 is 2.82 bits per heavy atom. The minimum atomic E-state index is -0.278. The Morgan fingerprint density at radius 2 is 2.14 bits per heavy atom. The van der Waals surface area contributed by atoms with E-state index in [1.165, 1.54) is 23.1 Å². The molecule has 0 aliphatic heterocycles. The van der Waals surface area contributed by atoms with Crippen molar-refractivity contribution in [3.8, 4) is 0 Å². The molecular formula is C13H11BrN4O2S2. The van der Waals surface area contributed by atoms with Crippen LogP contribution >= 0.6 is 39.0 Å². The molecule has 0 radical (unpaired) electrons. The summed E-state index contributed by atoms with van der Waals surface area (Å²) in [5.41, 5.74) is 2.62. The number of aromatic amines is 2. The van der Waals surface area contributed by atoms with Crippen LogP contribution in [-0.4, -0.2) is 26.6 Å². The maximum Gasteiger partial charge on any atom is 0.323 e. The third kappa shape index (κ3) is 3.42. The lowest BCUT2D eigenvalue weighted by molar-refractivity contribution is -0.113. The Labute approximate surface area is 141 Å². The van der Waals surface area contributed by atoms with Crippen molar-refractivity contribution in [1.29, 1.82) is 0 Å². The lowest BCUT2D eigenvalue weighted by Gasteiger charge is -2.07. The van der Waals surface area contributed by atoms with Gasteiger partial charge in [-0.2, -0.15) is 0 Å². The van der Waals surface area contributed by atoms with E-state index in [2.05, 4.69) is 36.2 Å². The number of carbonyl (C=O) groups is 1. The number of aryl methyl sites for hydroxylation is 1. The first-order valence-corrected chi connectivity index (χ1v) is 8.93. The maximum atomic E-state index is 12.0. The van der Waals surface area contributed by atoms with Gasteiger partial charge in [0, 0.05) is 15.5 Å². The van der Waals surface area contributed by atoms with Crippen molar-refractivity contribution in [3.05, 3.63) is 38.2 Å². The average Bonchev–Trinajstić information content (AvgIpc) is 3.02. The van der Waals surface area contributed by atoms with Crippen LogP contribution in [0.25, 0.3) is 11.0 Å². The van der Waals surface area contributed by atoms with Crippen molar-refractivity contribution in [2.75, 3.05) is 11.1 Å². The number of H-pyrrole nitrogens is 2. The van der Waals surface area contributed by atoms with E-state index in [1.807, 2.05) is 12.3 Å². The molecule has 114 valence electrons. The summed E-state index contributed by atoms with van der Waals surface area (Å²) >= 11 is 6.31. The third-order valence-corrected chi connectivity index (χ3v) is 5.60. The van der Waals surface area contributed by atoms with E-state index in [1.54, 1.807) is 12.1 Å². The molecule has 2 aromatic heterocycles. The molecule has 3 N–H and O–H groups in total. The highest BCUT2D eigenvalue weighted by Gasteiger charge is 2.10. The van der Waals surface area contributed by atoms with Gasteiger partial charge in [0.25, 0.3) is 0 Å². The van der Waals surface area contributed by atoms with Gasteiger partial charge in [-0.1, -0.05) is 11.8 Å². The van der Waals surface area contributed by atoms with Crippen molar-refractivity contribution in [2.45, 2.75) is 11.3 Å². The molecule has 2 heterocycles. The Balaban J connectivity index is 1.70. The fourth-order valence-corrected chi connectivity index (χ4v) is 3.96. The number of aromatic nitrogens is 3. The minimum absolute atomic E-state index is 0.129. The average molecular weight is 399 g/mol. The topological polar surface area (TPSA) is 90.6 Å².